The predicted molar refractivity (Wildman–Crippen MR) is 147 cm³/mol. The quantitative estimate of drug-likeness (QED) is 0.195. The molecule has 4 nitrogen and oxygen atoms in total. The first-order chi connectivity index (χ1) is 19.5. The first-order valence-electron chi connectivity index (χ1n) is 12.2. The lowest BCUT2D eigenvalue weighted by atomic mass is 9.91. The molecule has 0 saturated carbocycles. The molecule has 1 aromatic heterocycles. The predicted octanol–water partition coefficient (Wildman–Crippen LogP) is 8.89. The van der Waals surface area contributed by atoms with Gasteiger partial charge in [0, 0.05) is 33.1 Å². The van der Waals surface area contributed by atoms with E-state index in [9.17, 15) is 35.1 Å². The Labute approximate surface area is 240 Å². The summed E-state index contributed by atoms with van der Waals surface area (Å²) in [4.78, 5) is 4.34. The van der Waals surface area contributed by atoms with Crippen LogP contribution in [0.25, 0.3) is 22.8 Å². The highest BCUT2D eigenvalue weighted by atomic mass is 35.5. The fourth-order valence-electron chi connectivity index (χ4n) is 4.77. The lowest BCUT2D eigenvalue weighted by Crippen LogP contribution is -2.22. The van der Waals surface area contributed by atoms with Crippen molar-refractivity contribution in [2.75, 3.05) is 12.4 Å². The van der Waals surface area contributed by atoms with Crippen molar-refractivity contribution in [3.8, 4) is 0 Å². The van der Waals surface area contributed by atoms with E-state index in [0.717, 1.165) is 22.8 Å². The zero-order valence-electron chi connectivity index (χ0n) is 22.1. The Balaban J connectivity index is 2.01. The van der Waals surface area contributed by atoms with Gasteiger partial charge in [0.15, 0.2) is 0 Å². The molecule has 2 N–H and O–H groups in total. The summed E-state index contributed by atoms with van der Waals surface area (Å²) < 4.78 is 110. The molecule has 0 aliphatic rings. The summed E-state index contributed by atoms with van der Waals surface area (Å²) in [5.74, 6) is -1.78. The first kappa shape index (κ1) is 31.0. The highest BCUT2D eigenvalue weighted by Crippen LogP contribution is 2.41. The number of nitrogens with one attached hydrogen (secondary N) is 2. The van der Waals surface area contributed by atoms with E-state index < -0.39 is 42.1 Å². The Hall–Kier alpha value is -3.90. The second-order valence-corrected chi connectivity index (χ2v) is 9.81. The molecule has 4 rings (SSSR count). The van der Waals surface area contributed by atoms with Crippen LogP contribution in [-0.4, -0.2) is 22.8 Å². The van der Waals surface area contributed by atoms with Gasteiger partial charge in [0.1, 0.15) is 24.0 Å². The molecule has 42 heavy (non-hydrogen) atoms. The standard InChI is InChI=1S/C29H23ClF8N4/c1-5-20-25(27(39-4)21-11-18(31)6-7-22(21)30)23(12-24-26(20)41-15(3)42(24)13-28(33,34)35)40-14(2)16-8-17(29(36,37)38)10-19(32)9-16/h5-12,27,39-40H,1-2,13H2,3-4H3. The third-order valence-corrected chi connectivity index (χ3v) is 6.91. The third-order valence-electron chi connectivity index (χ3n) is 6.56. The minimum atomic E-state index is -4.86. The maximum Gasteiger partial charge on any atom is 0.416 e. The van der Waals surface area contributed by atoms with Gasteiger partial charge in [-0.3, -0.25) is 0 Å². The van der Waals surface area contributed by atoms with E-state index in [-0.39, 0.29) is 55.5 Å². The van der Waals surface area contributed by atoms with Crippen molar-refractivity contribution >= 4 is 40.1 Å². The molecule has 0 aliphatic heterocycles. The van der Waals surface area contributed by atoms with Crippen LogP contribution in [0.3, 0.4) is 0 Å². The largest absolute Gasteiger partial charge is 0.416 e. The molecule has 4 aromatic rings. The smallest absolute Gasteiger partial charge is 0.355 e. The van der Waals surface area contributed by atoms with Crippen molar-refractivity contribution in [3.05, 3.63) is 106 Å². The summed E-state index contributed by atoms with van der Waals surface area (Å²) in [5.41, 5.74) is -0.756. The normalized spacial score (nSPS) is 12.9. The van der Waals surface area contributed by atoms with E-state index in [2.05, 4.69) is 28.8 Å². The van der Waals surface area contributed by atoms with Gasteiger partial charge >= 0.3 is 12.4 Å². The second kappa shape index (κ2) is 11.4. The third kappa shape index (κ3) is 6.29. The Morgan fingerprint density at radius 2 is 1.74 bits per heavy atom. The number of imidazole rings is 1. The molecule has 0 saturated heterocycles. The van der Waals surface area contributed by atoms with Crippen LogP contribution in [0.4, 0.5) is 40.8 Å². The van der Waals surface area contributed by atoms with Crippen LogP contribution >= 0.6 is 11.6 Å². The number of aromatic nitrogens is 2. The number of fused-ring (bicyclic) bond motifs is 1. The SMILES string of the molecule is C=Cc1c(C(NC)c2cc(F)ccc2Cl)c(NC(=C)c2cc(F)cc(C(F)(F)F)c2)cc2c1nc(C)n2CC(F)(F)F. The molecule has 0 bridgehead atoms. The molecule has 0 spiro atoms. The average molecular weight is 615 g/mol. The molecule has 222 valence electrons. The Bertz CT molecular complexity index is 1690. The van der Waals surface area contributed by atoms with Crippen molar-refractivity contribution in [2.45, 2.75) is 31.9 Å². The summed E-state index contributed by atoms with van der Waals surface area (Å²) in [5, 5.41) is 5.99. The van der Waals surface area contributed by atoms with E-state index >= 15 is 0 Å². The molecule has 1 unspecified atom stereocenters. The molecular formula is C29H23ClF8N4. The summed E-state index contributed by atoms with van der Waals surface area (Å²) in [6.07, 6.45) is -8.12. The van der Waals surface area contributed by atoms with E-state index in [1.54, 1.807) is 0 Å². The Kier molecular flexibility index (Phi) is 8.43. The summed E-state index contributed by atoms with van der Waals surface area (Å²) in [6.45, 7) is 7.57. The number of hydrogen-bond donors (Lipinski definition) is 2. The van der Waals surface area contributed by atoms with Crippen LogP contribution in [0.1, 0.15) is 39.7 Å². The summed E-state index contributed by atoms with van der Waals surface area (Å²) >= 11 is 6.40. The van der Waals surface area contributed by atoms with Gasteiger partial charge in [0.05, 0.1) is 22.6 Å². The second-order valence-electron chi connectivity index (χ2n) is 9.40. The lowest BCUT2D eigenvalue weighted by Gasteiger charge is -2.26. The molecule has 0 amide bonds. The van der Waals surface area contributed by atoms with Crippen molar-refractivity contribution < 1.29 is 35.1 Å². The molecule has 1 heterocycles. The maximum atomic E-state index is 14.3. The molecule has 3 aromatic carbocycles. The van der Waals surface area contributed by atoms with Crippen molar-refractivity contribution in [3.63, 3.8) is 0 Å². The van der Waals surface area contributed by atoms with Crippen molar-refractivity contribution in [1.29, 1.82) is 0 Å². The number of halogens is 9. The monoisotopic (exact) mass is 614 g/mol. The Morgan fingerprint density at radius 3 is 2.33 bits per heavy atom. The van der Waals surface area contributed by atoms with Gasteiger partial charge in [-0.2, -0.15) is 26.3 Å². The number of aryl methyl sites for hydroxylation is 1. The van der Waals surface area contributed by atoms with Gasteiger partial charge in [-0.25, -0.2) is 13.8 Å². The Morgan fingerprint density at radius 1 is 1.05 bits per heavy atom. The lowest BCUT2D eigenvalue weighted by molar-refractivity contribution is -0.140. The number of benzene rings is 3. The molecule has 0 fully saturated rings. The van der Waals surface area contributed by atoms with Crippen molar-refractivity contribution in [2.24, 2.45) is 0 Å². The van der Waals surface area contributed by atoms with E-state index in [4.69, 9.17) is 11.6 Å². The average Bonchev–Trinajstić information content (AvgIpc) is 3.18. The van der Waals surface area contributed by atoms with Crippen LogP contribution in [0.15, 0.2) is 55.6 Å². The van der Waals surface area contributed by atoms with Gasteiger partial charge in [0.2, 0.25) is 0 Å². The number of alkyl halides is 6. The van der Waals surface area contributed by atoms with Crippen LogP contribution in [0, 0.1) is 18.6 Å². The van der Waals surface area contributed by atoms with Gasteiger partial charge in [-0.15, -0.1) is 0 Å². The van der Waals surface area contributed by atoms with Gasteiger partial charge in [-0.1, -0.05) is 30.8 Å². The highest BCUT2D eigenvalue weighted by molar-refractivity contribution is 6.31. The number of anilines is 1. The zero-order valence-corrected chi connectivity index (χ0v) is 22.9. The fourth-order valence-corrected chi connectivity index (χ4v) is 4.99. The summed E-state index contributed by atoms with van der Waals surface area (Å²) in [6, 6.07) is 5.85. The number of rotatable bonds is 8. The van der Waals surface area contributed by atoms with E-state index in [1.165, 1.54) is 32.2 Å². The maximum absolute atomic E-state index is 14.3. The van der Waals surface area contributed by atoms with Crippen LogP contribution in [0.2, 0.25) is 5.02 Å². The van der Waals surface area contributed by atoms with E-state index in [1.807, 2.05) is 0 Å². The number of hydrogen-bond acceptors (Lipinski definition) is 3. The minimum Gasteiger partial charge on any atom is -0.355 e. The molecule has 0 radical (unpaired) electrons. The molecule has 13 heteroatoms. The molecule has 1 atom stereocenters. The number of nitrogens with zero attached hydrogens (tertiary/aromatic N) is 2. The summed E-state index contributed by atoms with van der Waals surface area (Å²) in [7, 11) is 1.53. The molecular weight excluding hydrogens is 592 g/mol. The highest BCUT2D eigenvalue weighted by Gasteiger charge is 2.33. The minimum absolute atomic E-state index is 0.0224. The van der Waals surface area contributed by atoms with Gasteiger partial charge in [0.25, 0.3) is 0 Å². The topological polar surface area (TPSA) is 41.9 Å². The van der Waals surface area contributed by atoms with Gasteiger partial charge in [-0.05, 0) is 62.0 Å². The fraction of sp³-hybridized carbons (Fsp3) is 0.207. The van der Waals surface area contributed by atoms with Crippen LogP contribution in [0.5, 0.6) is 0 Å². The first-order valence-corrected chi connectivity index (χ1v) is 12.6. The zero-order chi connectivity index (χ0) is 31.1. The van der Waals surface area contributed by atoms with Gasteiger partial charge < -0.3 is 15.2 Å². The molecule has 0 aliphatic carbocycles. The van der Waals surface area contributed by atoms with Crippen molar-refractivity contribution in [1.82, 2.24) is 14.9 Å². The van der Waals surface area contributed by atoms with Crippen LogP contribution in [-0.2, 0) is 12.7 Å². The van der Waals surface area contributed by atoms with E-state index in [0.29, 0.717) is 12.1 Å². The van der Waals surface area contributed by atoms with Crippen LogP contribution < -0.4 is 10.6 Å².